The first-order chi connectivity index (χ1) is 11.9. The summed E-state index contributed by atoms with van der Waals surface area (Å²) in [6.07, 6.45) is 1.49. The summed E-state index contributed by atoms with van der Waals surface area (Å²) in [4.78, 5) is 8.29. The van der Waals surface area contributed by atoms with Gasteiger partial charge in [0.05, 0.1) is 17.7 Å². The van der Waals surface area contributed by atoms with Gasteiger partial charge < -0.3 is 30.4 Å². The van der Waals surface area contributed by atoms with E-state index >= 15 is 0 Å². The van der Waals surface area contributed by atoms with Crippen LogP contribution in [0.2, 0.25) is 0 Å². The summed E-state index contributed by atoms with van der Waals surface area (Å²) in [6, 6.07) is 1.77. The van der Waals surface area contributed by atoms with Crippen LogP contribution in [-0.2, 0) is 4.74 Å². The molecule has 10 heteroatoms. The Morgan fingerprint density at radius 1 is 1.44 bits per heavy atom. The second kappa shape index (κ2) is 5.49. The molecule has 10 nitrogen and oxygen atoms in total. The fourth-order valence-electron chi connectivity index (χ4n) is 3.29. The second-order valence-corrected chi connectivity index (χ2v) is 6.26. The largest absolute Gasteiger partial charge is 0.394 e. The number of hydrogen-bond donors (Lipinski definition) is 5. The van der Waals surface area contributed by atoms with Crippen LogP contribution < -0.4 is 5.73 Å². The van der Waals surface area contributed by atoms with Gasteiger partial charge in [-0.3, -0.25) is 5.10 Å². The summed E-state index contributed by atoms with van der Waals surface area (Å²) in [5.41, 5.74) is 6.22. The Balaban J connectivity index is 1.93. The monoisotopic (exact) mass is 346 g/mol. The van der Waals surface area contributed by atoms with E-state index in [1.54, 1.807) is 23.0 Å². The zero-order chi connectivity index (χ0) is 17.8. The van der Waals surface area contributed by atoms with Crippen molar-refractivity contribution in [2.24, 2.45) is 0 Å². The topological polar surface area (TPSA) is 155 Å². The van der Waals surface area contributed by atoms with E-state index in [1.165, 1.54) is 13.3 Å². The van der Waals surface area contributed by atoms with Crippen molar-refractivity contribution in [2.45, 2.75) is 31.0 Å². The lowest BCUT2D eigenvalue weighted by Crippen LogP contribution is -2.44. The van der Waals surface area contributed by atoms with Crippen molar-refractivity contribution in [2.75, 3.05) is 12.3 Å². The van der Waals surface area contributed by atoms with Crippen LogP contribution >= 0.6 is 0 Å². The molecule has 4 heterocycles. The molecule has 0 bridgehead atoms. The van der Waals surface area contributed by atoms with Crippen LogP contribution in [0.25, 0.3) is 22.3 Å². The van der Waals surface area contributed by atoms with E-state index < -0.39 is 30.6 Å². The number of nitrogens with one attached hydrogen (secondary N) is 1. The summed E-state index contributed by atoms with van der Waals surface area (Å²) in [6.45, 7) is 1.03. The van der Waals surface area contributed by atoms with Crippen LogP contribution in [0.3, 0.4) is 0 Å². The first-order valence-corrected chi connectivity index (χ1v) is 7.72. The van der Waals surface area contributed by atoms with Crippen molar-refractivity contribution < 1.29 is 20.1 Å². The Bertz CT molecular complexity index is 906. The smallest absolute Gasteiger partial charge is 0.167 e. The predicted octanol–water partition coefficient (Wildman–Crippen LogP) is -0.595. The third-order valence-corrected chi connectivity index (χ3v) is 4.62. The highest BCUT2D eigenvalue weighted by atomic mass is 16.6. The number of nitrogens with two attached hydrogens (primary N) is 1. The Labute approximate surface area is 141 Å². The minimum absolute atomic E-state index is 0.269. The van der Waals surface area contributed by atoms with Crippen molar-refractivity contribution >= 4 is 16.9 Å². The van der Waals surface area contributed by atoms with Crippen LogP contribution in [-0.4, -0.2) is 64.5 Å². The lowest BCUT2D eigenvalue weighted by Gasteiger charge is -2.27. The van der Waals surface area contributed by atoms with Crippen molar-refractivity contribution in [1.82, 2.24) is 24.7 Å². The van der Waals surface area contributed by atoms with Crippen LogP contribution in [0.4, 0.5) is 5.82 Å². The van der Waals surface area contributed by atoms with Gasteiger partial charge >= 0.3 is 0 Å². The van der Waals surface area contributed by atoms with Gasteiger partial charge in [0.25, 0.3) is 0 Å². The number of aliphatic hydroxyl groups is 3. The Hall–Kier alpha value is -2.53. The van der Waals surface area contributed by atoms with Gasteiger partial charge in [-0.15, -0.1) is 0 Å². The molecule has 1 aliphatic rings. The summed E-state index contributed by atoms with van der Waals surface area (Å²) >= 11 is 0. The minimum atomic E-state index is -1.63. The number of hydrogen-bond acceptors (Lipinski definition) is 8. The maximum atomic E-state index is 10.7. The number of fused-ring (bicyclic) bond motifs is 1. The average Bonchev–Trinajstić information content (AvgIpc) is 3.27. The molecule has 0 amide bonds. The quantitative estimate of drug-likeness (QED) is 0.421. The van der Waals surface area contributed by atoms with Crippen LogP contribution in [0.15, 0.2) is 24.8 Å². The highest BCUT2D eigenvalue weighted by Gasteiger charge is 2.53. The summed E-state index contributed by atoms with van der Waals surface area (Å²) in [7, 11) is 0. The van der Waals surface area contributed by atoms with Crippen LogP contribution in [0.5, 0.6) is 0 Å². The third-order valence-electron chi connectivity index (χ3n) is 4.62. The van der Waals surface area contributed by atoms with Gasteiger partial charge in [-0.05, 0) is 13.0 Å². The third kappa shape index (κ3) is 2.23. The molecule has 25 heavy (non-hydrogen) atoms. The molecule has 0 saturated carbocycles. The normalized spacial score (nSPS) is 29.5. The van der Waals surface area contributed by atoms with Crippen molar-refractivity contribution in [3.8, 4) is 11.3 Å². The minimum Gasteiger partial charge on any atom is -0.394 e. The lowest BCUT2D eigenvalue weighted by molar-refractivity contribution is -0.0948. The number of nitrogens with zero attached hydrogens (tertiary/aromatic N) is 4. The molecule has 4 rings (SSSR count). The summed E-state index contributed by atoms with van der Waals surface area (Å²) in [5, 5.41) is 37.7. The van der Waals surface area contributed by atoms with Gasteiger partial charge in [0.1, 0.15) is 35.6 Å². The van der Waals surface area contributed by atoms with E-state index in [-0.39, 0.29) is 5.82 Å². The highest BCUT2D eigenvalue weighted by Crippen LogP contribution is 2.42. The van der Waals surface area contributed by atoms with Gasteiger partial charge in [0.2, 0.25) is 0 Å². The first-order valence-electron chi connectivity index (χ1n) is 7.72. The molecule has 1 aliphatic heterocycles. The zero-order valence-corrected chi connectivity index (χ0v) is 13.4. The SMILES string of the molecule is C[C@]1(O)C(n2cc(-c3ccn[nH]3)c3c(N)ncnc32)OC(CO)[C@H]1O. The average molecular weight is 346 g/mol. The molecular formula is C15H18N6O4. The van der Waals surface area contributed by atoms with E-state index in [0.29, 0.717) is 22.3 Å². The number of nitrogen functional groups attached to an aromatic ring is 1. The zero-order valence-electron chi connectivity index (χ0n) is 13.4. The van der Waals surface area contributed by atoms with Crippen molar-refractivity contribution in [3.63, 3.8) is 0 Å². The summed E-state index contributed by atoms with van der Waals surface area (Å²) in [5.74, 6) is 0.269. The molecule has 4 atom stereocenters. The number of ether oxygens (including phenoxy) is 1. The second-order valence-electron chi connectivity index (χ2n) is 6.26. The van der Waals surface area contributed by atoms with Gasteiger partial charge in [-0.1, -0.05) is 0 Å². The molecule has 1 saturated heterocycles. The van der Waals surface area contributed by atoms with E-state index in [0.717, 1.165) is 0 Å². The fraction of sp³-hybridized carbons (Fsp3) is 0.400. The highest BCUT2D eigenvalue weighted by molar-refractivity contribution is 5.99. The number of H-pyrrole nitrogens is 1. The Morgan fingerprint density at radius 3 is 2.88 bits per heavy atom. The van der Waals surface area contributed by atoms with Crippen molar-refractivity contribution in [3.05, 3.63) is 24.8 Å². The van der Waals surface area contributed by atoms with E-state index in [9.17, 15) is 15.3 Å². The maximum absolute atomic E-state index is 10.7. The molecular weight excluding hydrogens is 328 g/mol. The summed E-state index contributed by atoms with van der Waals surface area (Å²) < 4.78 is 7.27. The van der Waals surface area contributed by atoms with Crippen LogP contribution in [0.1, 0.15) is 13.2 Å². The molecule has 0 aromatic carbocycles. The number of rotatable bonds is 3. The molecule has 2 unspecified atom stereocenters. The molecule has 3 aromatic rings. The standard InChI is InChI=1S/C15H18N6O4/c1-15(24)11(23)9(5-22)25-14(15)21-4-7(8-2-3-19-20-8)10-12(16)17-6-18-13(10)21/h2-4,6,9,11,14,22-24H,5H2,1H3,(H,19,20)(H2,16,17,18)/t9?,11-,14?,15-/m1/s1. The van der Waals surface area contributed by atoms with E-state index in [2.05, 4.69) is 20.2 Å². The molecule has 0 spiro atoms. The number of aromatic nitrogens is 5. The molecule has 6 N–H and O–H groups in total. The lowest BCUT2D eigenvalue weighted by atomic mass is 9.96. The van der Waals surface area contributed by atoms with Gasteiger partial charge in [0.15, 0.2) is 6.23 Å². The van der Waals surface area contributed by atoms with Gasteiger partial charge in [-0.2, -0.15) is 5.10 Å². The Kier molecular flexibility index (Phi) is 3.51. The van der Waals surface area contributed by atoms with Crippen LogP contribution in [0, 0.1) is 0 Å². The number of anilines is 1. The number of aliphatic hydroxyl groups excluding tert-OH is 2. The van der Waals surface area contributed by atoms with E-state index in [4.69, 9.17) is 10.5 Å². The van der Waals surface area contributed by atoms with E-state index in [1.807, 2.05) is 0 Å². The van der Waals surface area contributed by atoms with Crippen molar-refractivity contribution in [1.29, 1.82) is 0 Å². The number of aromatic amines is 1. The van der Waals surface area contributed by atoms with Gasteiger partial charge in [0, 0.05) is 18.0 Å². The Morgan fingerprint density at radius 2 is 2.24 bits per heavy atom. The fourth-order valence-corrected chi connectivity index (χ4v) is 3.29. The molecule has 0 radical (unpaired) electrons. The predicted molar refractivity (Wildman–Crippen MR) is 87.1 cm³/mol. The molecule has 1 fully saturated rings. The first kappa shape index (κ1) is 16.0. The molecule has 0 aliphatic carbocycles. The molecule has 3 aromatic heterocycles. The molecule has 132 valence electrons. The maximum Gasteiger partial charge on any atom is 0.167 e. The van der Waals surface area contributed by atoms with Gasteiger partial charge in [-0.25, -0.2) is 9.97 Å².